The molecule has 9 heteroatoms. The van der Waals surface area contributed by atoms with Gasteiger partial charge in [0.15, 0.2) is 0 Å². The van der Waals surface area contributed by atoms with E-state index in [1.54, 1.807) is 28.8 Å². The number of anilines is 1. The Labute approximate surface area is 185 Å². The first kappa shape index (κ1) is 21.9. The number of hydrogen-bond acceptors (Lipinski definition) is 4. The van der Waals surface area contributed by atoms with E-state index >= 15 is 0 Å². The van der Waals surface area contributed by atoms with Crippen LogP contribution in [0.15, 0.2) is 78.0 Å². The molecule has 1 N–H and O–H groups in total. The minimum atomic E-state index is -3.57. The van der Waals surface area contributed by atoms with Crippen molar-refractivity contribution >= 4 is 27.7 Å². The number of hydrogen-bond donors (Lipinski definition) is 1. The summed E-state index contributed by atoms with van der Waals surface area (Å²) >= 11 is 0. The molecule has 0 saturated carbocycles. The molecule has 0 unspecified atom stereocenters. The van der Waals surface area contributed by atoms with E-state index in [0.717, 1.165) is 0 Å². The van der Waals surface area contributed by atoms with Crippen molar-refractivity contribution < 1.29 is 22.3 Å². The van der Waals surface area contributed by atoms with Crippen molar-refractivity contribution in [2.24, 2.45) is 0 Å². The van der Waals surface area contributed by atoms with Crippen LogP contribution in [0, 0.1) is 5.82 Å². The number of morpholine rings is 1. The zero-order valence-corrected chi connectivity index (χ0v) is 18.0. The summed E-state index contributed by atoms with van der Waals surface area (Å²) in [5.41, 5.74) is 1.42. The molecule has 166 valence electrons. The molecule has 0 atom stereocenters. The second kappa shape index (κ2) is 9.47. The molecule has 1 amide bonds. The molecule has 0 radical (unpaired) electrons. The number of benzene rings is 2. The van der Waals surface area contributed by atoms with E-state index in [1.165, 1.54) is 34.7 Å². The lowest BCUT2D eigenvalue weighted by Crippen LogP contribution is -2.40. The van der Waals surface area contributed by atoms with Crippen LogP contribution in [0.3, 0.4) is 0 Å². The van der Waals surface area contributed by atoms with Crippen molar-refractivity contribution in [3.8, 4) is 5.69 Å². The Bertz CT molecular complexity index is 1220. The molecular weight excluding hydrogens is 433 g/mol. The zero-order valence-electron chi connectivity index (χ0n) is 17.1. The third-order valence-electron chi connectivity index (χ3n) is 5.03. The van der Waals surface area contributed by atoms with Gasteiger partial charge in [-0.2, -0.15) is 4.31 Å². The van der Waals surface area contributed by atoms with Gasteiger partial charge in [-0.15, -0.1) is 0 Å². The Kier molecular flexibility index (Phi) is 6.50. The van der Waals surface area contributed by atoms with E-state index in [0.29, 0.717) is 37.6 Å². The van der Waals surface area contributed by atoms with Crippen molar-refractivity contribution in [2.45, 2.75) is 4.90 Å². The molecule has 1 aliphatic rings. The lowest BCUT2D eigenvalue weighted by atomic mass is 10.2. The highest BCUT2D eigenvalue weighted by Gasteiger charge is 2.25. The molecule has 3 aromatic rings. The highest BCUT2D eigenvalue weighted by Crippen LogP contribution is 2.20. The number of carbonyl (C=O) groups excluding carboxylic acids is 1. The molecule has 7 nitrogen and oxygen atoms in total. The Morgan fingerprint density at radius 1 is 1.03 bits per heavy atom. The number of ether oxygens (including phenoxy) is 1. The van der Waals surface area contributed by atoms with Crippen LogP contribution in [0.5, 0.6) is 0 Å². The maximum Gasteiger partial charge on any atom is 0.248 e. The summed E-state index contributed by atoms with van der Waals surface area (Å²) in [7, 11) is -3.57. The summed E-state index contributed by atoms with van der Waals surface area (Å²) in [5, 5.41) is 2.53. The number of halogens is 1. The normalized spacial score (nSPS) is 15.2. The zero-order chi connectivity index (χ0) is 22.6. The predicted molar refractivity (Wildman–Crippen MR) is 119 cm³/mol. The molecule has 0 bridgehead atoms. The van der Waals surface area contributed by atoms with Crippen molar-refractivity contribution in [2.75, 3.05) is 31.6 Å². The molecule has 1 fully saturated rings. The first-order valence-electron chi connectivity index (χ1n) is 10.0. The van der Waals surface area contributed by atoms with E-state index in [2.05, 4.69) is 5.32 Å². The van der Waals surface area contributed by atoms with Crippen molar-refractivity contribution in [1.82, 2.24) is 8.87 Å². The molecule has 2 aromatic carbocycles. The van der Waals surface area contributed by atoms with Crippen LogP contribution in [0.2, 0.25) is 0 Å². The van der Waals surface area contributed by atoms with Gasteiger partial charge in [0.1, 0.15) is 5.82 Å². The minimum absolute atomic E-state index is 0.0674. The van der Waals surface area contributed by atoms with Gasteiger partial charge in [-0.1, -0.05) is 12.1 Å². The number of carbonyl (C=O) groups is 1. The van der Waals surface area contributed by atoms with E-state index in [9.17, 15) is 17.6 Å². The highest BCUT2D eigenvalue weighted by molar-refractivity contribution is 7.89. The smallest absolute Gasteiger partial charge is 0.248 e. The highest BCUT2D eigenvalue weighted by atomic mass is 32.2. The number of aromatic nitrogens is 1. The summed E-state index contributed by atoms with van der Waals surface area (Å²) in [4.78, 5) is 12.5. The monoisotopic (exact) mass is 455 g/mol. The van der Waals surface area contributed by atoms with Crippen LogP contribution in [-0.4, -0.2) is 49.5 Å². The van der Waals surface area contributed by atoms with Crippen LogP contribution in [0.1, 0.15) is 5.56 Å². The molecular formula is C23H22FN3O4S. The molecule has 0 aliphatic carbocycles. The summed E-state index contributed by atoms with van der Waals surface area (Å²) in [6.45, 7) is 1.41. The first-order valence-corrected chi connectivity index (χ1v) is 11.5. The molecule has 1 saturated heterocycles. The molecule has 4 rings (SSSR count). The van der Waals surface area contributed by atoms with Gasteiger partial charge >= 0.3 is 0 Å². The second-order valence-electron chi connectivity index (χ2n) is 7.16. The minimum Gasteiger partial charge on any atom is -0.379 e. The molecule has 2 heterocycles. The molecule has 1 aromatic heterocycles. The number of amides is 1. The standard InChI is InChI=1S/C23H22FN3O4S/c24-21-9-6-19(26-11-1-2-12-26)17-22(21)25-23(28)10-5-18-3-7-20(8-4-18)32(29,30)27-13-15-31-16-14-27/h1-12,17H,13-16H2,(H,25,28)/b10-5+. The Morgan fingerprint density at radius 3 is 2.41 bits per heavy atom. The van der Waals surface area contributed by atoms with Gasteiger partial charge in [-0.3, -0.25) is 4.79 Å². The van der Waals surface area contributed by atoms with Gasteiger partial charge in [0.25, 0.3) is 0 Å². The number of nitrogens with one attached hydrogen (secondary N) is 1. The topological polar surface area (TPSA) is 80.6 Å². The summed E-state index contributed by atoms with van der Waals surface area (Å²) in [6.07, 6.45) is 6.45. The Hall–Kier alpha value is -3.27. The van der Waals surface area contributed by atoms with E-state index in [-0.39, 0.29) is 10.6 Å². The third-order valence-corrected chi connectivity index (χ3v) is 6.94. The summed E-state index contributed by atoms with van der Waals surface area (Å²) < 4.78 is 47.9. The van der Waals surface area contributed by atoms with Gasteiger partial charge in [-0.25, -0.2) is 12.8 Å². The second-order valence-corrected chi connectivity index (χ2v) is 9.10. The average Bonchev–Trinajstić information content (AvgIpc) is 3.35. The van der Waals surface area contributed by atoms with Gasteiger partial charge in [0.05, 0.1) is 23.8 Å². The third kappa shape index (κ3) is 4.96. The van der Waals surface area contributed by atoms with Crippen LogP contribution >= 0.6 is 0 Å². The van der Waals surface area contributed by atoms with Crippen LogP contribution < -0.4 is 5.32 Å². The largest absolute Gasteiger partial charge is 0.379 e. The Morgan fingerprint density at radius 2 is 1.72 bits per heavy atom. The fourth-order valence-corrected chi connectivity index (χ4v) is 4.72. The fourth-order valence-electron chi connectivity index (χ4n) is 3.31. The van der Waals surface area contributed by atoms with Crippen LogP contribution in [0.4, 0.5) is 10.1 Å². The van der Waals surface area contributed by atoms with E-state index in [1.807, 2.05) is 24.5 Å². The first-order chi connectivity index (χ1) is 15.4. The van der Waals surface area contributed by atoms with Gasteiger partial charge in [0.2, 0.25) is 15.9 Å². The fraction of sp³-hybridized carbons (Fsp3) is 0.174. The van der Waals surface area contributed by atoms with Crippen LogP contribution in [-0.2, 0) is 19.6 Å². The maximum atomic E-state index is 14.1. The van der Waals surface area contributed by atoms with Gasteiger partial charge in [-0.05, 0) is 54.1 Å². The van der Waals surface area contributed by atoms with E-state index < -0.39 is 21.7 Å². The number of sulfonamides is 1. The Balaban J connectivity index is 1.42. The summed E-state index contributed by atoms with van der Waals surface area (Å²) in [5.74, 6) is -1.04. The van der Waals surface area contributed by atoms with Gasteiger partial charge in [0, 0.05) is 37.2 Å². The maximum absolute atomic E-state index is 14.1. The summed E-state index contributed by atoms with van der Waals surface area (Å²) in [6, 6.07) is 14.4. The molecule has 0 spiro atoms. The lowest BCUT2D eigenvalue weighted by Gasteiger charge is -2.26. The SMILES string of the molecule is O=C(/C=C/c1ccc(S(=O)(=O)N2CCOCC2)cc1)Nc1cc(-n2cccc2)ccc1F. The number of nitrogens with zero attached hydrogens (tertiary/aromatic N) is 2. The lowest BCUT2D eigenvalue weighted by molar-refractivity contribution is -0.111. The van der Waals surface area contributed by atoms with Crippen LogP contribution in [0.25, 0.3) is 11.8 Å². The van der Waals surface area contributed by atoms with Gasteiger partial charge < -0.3 is 14.6 Å². The average molecular weight is 456 g/mol. The van der Waals surface area contributed by atoms with E-state index in [4.69, 9.17) is 4.74 Å². The molecule has 32 heavy (non-hydrogen) atoms. The van der Waals surface area contributed by atoms with Crippen molar-refractivity contribution in [3.05, 3.63) is 84.4 Å². The number of rotatable bonds is 6. The molecule has 1 aliphatic heterocycles. The van der Waals surface area contributed by atoms with Crippen molar-refractivity contribution in [3.63, 3.8) is 0 Å². The predicted octanol–water partition coefficient (Wildman–Crippen LogP) is 3.29. The quantitative estimate of drug-likeness (QED) is 0.579. The van der Waals surface area contributed by atoms with Crippen molar-refractivity contribution in [1.29, 1.82) is 0 Å².